The molecule has 2 aromatic heterocycles. The summed E-state index contributed by atoms with van der Waals surface area (Å²) in [4.78, 5) is 37.3. The van der Waals surface area contributed by atoms with Crippen LogP contribution in [0.25, 0.3) is 0 Å². The van der Waals surface area contributed by atoms with Gasteiger partial charge in [0.1, 0.15) is 0 Å². The third-order valence-corrected chi connectivity index (χ3v) is 5.27. The summed E-state index contributed by atoms with van der Waals surface area (Å²) in [6.07, 6.45) is 1.43. The van der Waals surface area contributed by atoms with Crippen LogP contribution in [0.1, 0.15) is 36.8 Å². The van der Waals surface area contributed by atoms with Gasteiger partial charge in [0.05, 0.1) is 23.1 Å². The number of anilines is 2. The van der Waals surface area contributed by atoms with Gasteiger partial charge in [0, 0.05) is 17.6 Å². The van der Waals surface area contributed by atoms with Gasteiger partial charge >= 0.3 is 0 Å². The number of furan rings is 1. The van der Waals surface area contributed by atoms with Gasteiger partial charge < -0.3 is 20.4 Å². The Morgan fingerprint density at radius 2 is 1.72 bits per heavy atom. The second-order valence-electron chi connectivity index (χ2n) is 6.83. The van der Waals surface area contributed by atoms with Gasteiger partial charge in [-0.15, -0.1) is 0 Å². The van der Waals surface area contributed by atoms with Crippen LogP contribution in [0.3, 0.4) is 0 Å². The Morgan fingerprint density at radius 3 is 2.50 bits per heavy atom. The average molecular weight is 446 g/mol. The molecule has 0 fully saturated rings. The highest BCUT2D eigenvalue weighted by Crippen LogP contribution is 2.18. The van der Waals surface area contributed by atoms with E-state index in [0.717, 1.165) is 5.56 Å². The molecule has 0 aliphatic carbocycles. The van der Waals surface area contributed by atoms with Crippen molar-refractivity contribution in [1.82, 2.24) is 5.32 Å². The fraction of sp³-hybridized carbons (Fsp3) is 0.0417. The van der Waals surface area contributed by atoms with Crippen molar-refractivity contribution in [3.8, 4) is 0 Å². The third-order valence-electron chi connectivity index (χ3n) is 4.59. The third kappa shape index (κ3) is 5.11. The van der Waals surface area contributed by atoms with Crippen LogP contribution in [0.2, 0.25) is 0 Å². The first-order chi connectivity index (χ1) is 15.6. The molecule has 0 aliphatic heterocycles. The molecule has 0 aliphatic rings. The largest absolute Gasteiger partial charge is 0.459 e. The minimum Gasteiger partial charge on any atom is -0.459 e. The summed E-state index contributed by atoms with van der Waals surface area (Å²) in [6.45, 7) is 0.246. The van der Waals surface area contributed by atoms with Crippen molar-refractivity contribution in [3.05, 3.63) is 106 Å². The smallest absolute Gasteiger partial charge is 0.291 e. The van der Waals surface area contributed by atoms with Gasteiger partial charge in [0.15, 0.2) is 5.76 Å². The fourth-order valence-electron chi connectivity index (χ4n) is 3.02. The molecular weight excluding hydrogens is 426 g/mol. The Kier molecular flexibility index (Phi) is 6.43. The topological polar surface area (TPSA) is 100 Å². The molecule has 0 spiro atoms. The highest BCUT2D eigenvalue weighted by Gasteiger charge is 2.14. The van der Waals surface area contributed by atoms with E-state index in [1.54, 1.807) is 66.0 Å². The van der Waals surface area contributed by atoms with E-state index in [9.17, 15) is 14.4 Å². The lowest BCUT2D eigenvalue weighted by Crippen LogP contribution is -2.25. The van der Waals surface area contributed by atoms with E-state index < -0.39 is 0 Å². The zero-order chi connectivity index (χ0) is 22.3. The molecule has 2 aromatic carbocycles. The van der Waals surface area contributed by atoms with E-state index in [2.05, 4.69) is 16.0 Å². The molecule has 3 amide bonds. The standard InChI is InChI=1S/C24H19N3O4S/c28-22(17-10-12-32-15-17)27-20-8-2-1-7-19(20)23(29)25-14-16-5-3-6-18(13-16)26-24(30)21-9-4-11-31-21/h1-13,15H,14H2,(H,25,29)(H,26,30)(H,27,28). The molecule has 0 radical (unpaired) electrons. The van der Waals surface area contributed by atoms with Crippen LogP contribution in [-0.2, 0) is 6.54 Å². The normalized spacial score (nSPS) is 10.4. The fourth-order valence-corrected chi connectivity index (χ4v) is 3.65. The molecule has 2 heterocycles. The maximum absolute atomic E-state index is 12.8. The Labute approximate surface area is 188 Å². The quantitative estimate of drug-likeness (QED) is 0.381. The molecule has 8 heteroatoms. The molecule has 7 nitrogen and oxygen atoms in total. The molecular formula is C24H19N3O4S. The number of para-hydroxylation sites is 1. The number of nitrogens with one attached hydrogen (secondary N) is 3. The molecule has 0 saturated carbocycles. The molecule has 4 aromatic rings. The summed E-state index contributed by atoms with van der Waals surface area (Å²) < 4.78 is 5.09. The number of carbonyl (C=O) groups is 3. The van der Waals surface area contributed by atoms with Crippen molar-refractivity contribution in [1.29, 1.82) is 0 Å². The number of amides is 3. The van der Waals surface area contributed by atoms with E-state index in [0.29, 0.717) is 22.5 Å². The molecule has 3 N–H and O–H groups in total. The summed E-state index contributed by atoms with van der Waals surface area (Å²) >= 11 is 1.43. The first kappa shape index (κ1) is 21.1. The Morgan fingerprint density at radius 1 is 0.844 bits per heavy atom. The van der Waals surface area contributed by atoms with Crippen LogP contribution in [0, 0.1) is 0 Å². The highest BCUT2D eigenvalue weighted by atomic mass is 32.1. The first-order valence-corrected chi connectivity index (χ1v) is 10.7. The summed E-state index contributed by atoms with van der Waals surface area (Å²) in [5, 5.41) is 12.0. The Hall–Kier alpha value is -4.17. The number of rotatable bonds is 7. The minimum atomic E-state index is -0.355. The van der Waals surface area contributed by atoms with Crippen molar-refractivity contribution in [2.75, 3.05) is 10.6 Å². The predicted molar refractivity (Wildman–Crippen MR) is 123 cm³/mol. The van der Waals surface area contributed by atoms with Gasteiger partial charge in [-0.3, -0.25) is 14.4 Å². The molecule has 32 heavy (non-hydrogen) atoms. The van der Waals surface area contributed by atoms with Crippen molar-refractivity contribution in [2.24, 2.45) is 0 Å². The van der Waals surface area contributed by atoms with Crippen molar-refractivity contribution in [3.63, 3.8) is 0 Å². The second-order valence-corrected chi connectivity index (χ2v) is 7.61. The SMILES string of the molecule is O=C(Nc1ccccc1C(=O)NCc1cccc(NC(=O)c2ccco2)c1)c1ccsc1. The van der Waals surface area contributed by atoms with Gasteiger partial charge in [-0.1, -0.05) is 24.3 Å². The first-order valence-electron chi connectivity index (χ1n) is 9.75. The number of benzene rings is 2. The van der Waals surface area contributed by atoms with E-state index in [4.69, 9.17) is 4.42 Å². The molecule has 160 valence electrons. The predicted octanol–water partition coefficient (Wildman–Crippen LogP) is 4.78. The summed E-state index contributed by atoms with van der Waals surface area (Å²) in [5.41, 5.74) is 2.72. The maximum Gasteiger partial charge on any atom is 0.291 e. The van der Waals surface area contributed by atoms with E-state index >= 15 is 0 Å². The molecule has 0 saturated heterocycles. The molecule has 4 rings (SSSR count). The summed E-state index contributed by atoms with van der Waals surface area (Å²) in [7, 11) is 0. The lowest BCUT2D eigenvalue weighted by molar-refractivity contribution is 0.0950. The molecule has 0 bridgehead atoms. The van der Waals surface area contributed by atoms with Crippen LogP contribution in [0.4, 0.5) is 11.4 Å². The van der Waals surface area contributed by atoms with E-state index in [-0.39, 0.29) is 30.0 Å². The number of thiophene rings is 1. The molecule has 0 unspecified atom stereocenters. The van der Waals surface area contributed by atoms with Gasteiger partial charge in [-0.2, -0.15) is 11.3 Å². The summed E-state index contributed by atoms with van der Waals surface area (Å²) in [6, 6.07) is 18.9. The highest BCUT2D eigenvalue weighted by molar-refractivity contribution is 7.08. The lowest BCUT2D eigenvalue weighted by Gasteiger charge is -2.12. The van der Waals surface area contributed by atoms with Crippen LogP contribution in [-0.4, -0.2) is 17.7 Å². The Bertz CT molecular complexity index is 1230. The van der Waals surface area contributed by atoms with Gasteiger partial charge in [-0.25, -0.2) is 0 Å². The van der Waals surface area contributed by atoms with Crippen LogP contribution in [0.15, 0.2) is 88.2 Å². The molecule has 0 atom stereocenters. The second kappa shape index (κ2) is 9.76. The Balaban J connectivity index is 1.40. The van der Waals surface area contributed by atoms with Gasteiger partial charge in [-0.05, 0) is 53.4 Å². The lowest BCUT2D eigenvalue weighted by atomic mass is 10.1. The van der Waals surface area contributed by atoms with E-state index in [1.807, 2.05) is 11.4 Å². The zero-order valence-electron chi connectivity index (χ0n) is 16.8. The maximum atomic E-state index is 12.8. The number of hydrogen-bond acceptors (Lipinski definition) is 5. The van der Waals surface area contributed by atoms with Crippen LogP contribution in [0.5, 0.6) is 0 Å². The van der Waals surface area contributed by atoms with Crippen LogP contribution >= 0.6 is 11.3 Å². The minimum absolute atomic E-state index is 0.213. The summed E-state index contributed by atoms with van der Waals surface area (Å²) in [5.74, 6) is -0.737. The van der Waals surface area contributed by atoms with Crippen molar-refractivity contribution >= 4 is 40.4 Å². The zero-order valence-corrected chi connectivity index (χ0v) is 17.6. The van der Waals surface area contributed by atoms with Crippen molar-refractivity contribution in [2.45, 2.75) is 6.54 Å². The van der Waals surface area contributed by atoms with Crippen molar-refractivity contribution < 1.29 is 18.8 Å². The van der Waals surface area contributed by atoms with Crippen LogP contribution < -0.4 is 16.0 Å². The monoisotopic (exact) mass is 445 g/mol. The number of carbonyl (C=O) groups excluding carboxylic acids is 3. The van der Waals surface area contributed by atoms with Gasteiger partial charge in [0.25, 0.3) is 17.7 Å². The van der Waals surface area contributed by atoms with Gasteiger partial charge in [0.2, 0.25) is 0 Å². The van der Waals surface area contributed by atoms with E-state index in [1.165, 1.54) is 17.6 Å². The average Bonchev–Trinajstić information content (AvgIpc) is 3.53. The number of hydrogen-bond donors (Lipinski definition) is 3.